The van der Waals surface area contributed by atoms with Crippen molar-refractivity contribution in [3.8, 4) is 11.5 Å². The van der Waals surface area contributed by atoms with E-state index in [0.717, 1.165) is 26.7 Å². The average Bonchev–Trinajstić information content (AvgIpc) is 2.75. The number of hydrogen-bond donors (Lipinski definition) is 0. The smallest absolute Gasteiger partial charge is 0.227 e. The quantitative estimate of drug-likeness (QED) is 0.655. The van der Waals surface area contributed by atoms with Crippen molar-refractivity contribution in [3.05, 3.63) is 52.5 Å². The summed E-state index contributed by atoms with van der Waals surface area (Å²) in [5.74, 6) is 0.668. The molecule has 3 heteroatoms. The Hall–Kier alpha value is -1.61. The Labute approximate surface area is 107 Å². The van der Waals surface area contributed by atoms with Crippen LogP contribution in [0.3, 0.4) is 0 Å². The third-order valence-electron chi connectivity index (χ3n) is 2.71. The third kappa shape index (κ3) is 1.87. The van der Waals surface area contributed by atoms with E-state index in [4.69, 9.17) is 4.42 Å². The van der Waals surface area contributed by atoms with E-state index >= 15 is 0 Å². The molecule has 0 unspecified atom stereocenters. The second kappa shape index (κ2) is 4.00. The van der Waals surface area contributed by atoms with Gasteiger partial charge in [0.05, 0.1) is 0 Å². The van der Waals surface area contributed by atoms with E-state index in [9.17, 15) is 0 Å². The first kappa shape index (κ1) is 10.5. The van der Waals surface area contributed by atoms with E-state index in [1.807, 2.05) is 49.4 Å². The fourth-order valence-electron chi connectivity index (χ4n) is 1.80. The van der Waals surface area contributed by atoms with Gasteiger partial charge < -0.3 is 4.42 Å². The summed E-state index contributed by atoms with van der Waals surface area (Å²) in [5, 5.41) is 0. The third-order valence-corrected chi connectivity index (χ3v) is 3.24. The molecule has 0 saturated heterocycles. The molecule has 2 aromatic carbocycles. The molecular weight excluding hydrogens is 278 g/mol. The average molecular weight is 288 g/mol. The number of nitrogens with zero attached hydrogens (tertiary/aromatic N) is 1. The number of halogens is 1. The van der Waals surface area contributed by atoms with Gasteiger partial charge in [-0.05, 0) is 42.8 Å². The monoisotopic (exact) mass is 287 g/mol. The molecule has 0 N–H and O–H groups in total. The number of aryl methyl sites for hydroxylation is 1. The van der Waals surface area contributed by atoms with E-state index in [1.54, 1.807) is 0 Å². The molecule has 0 aliphatic carbocycles. The molecule has 0 spiro atoms. The summed E-state index contributed by atoms with van der Waals surface area (Å²) in [4.78, 5) is 4.53. The zero-order valence-electron chi connectivity index (χ0n) is 9.27. The SMILES string of the molecule is Cc1cccc2oc(-c3ccc(Br)cc3)nc12. The maximum atomic E-state index is 5.75. The lowest BCUT2D eigenvalue weighted by Gasteiger charge is -1.94. The van der Waals surface area contributed by atoms with Gasteiger partial charge in [-0.15, -0.1) is 0 Å². The van der Waals surface area contributed by atoms with Crippen LogP contribution in [-0.4, -0.2) is 4.98 Å². The van der Waals surface area contributed by atoms with E-state index in [1.165, 1.54) is 0 Å². The van der Waals surface area contributed by atoms with Crippen LogP contribution < -0.4 is 0 Å². The molecule has 0 bridgehead atoms. The van der Waals surface area contributed by atoms with Crippen LogP contribution in [0.15, 0.2) is 51.4 Å². The molecular formula is C14H10BrNO. The lowest BCUT2D eigenvalue weighted by molar-refractivity contribution is 0.620. The van der Waals surface area contributed by atoms with Crippen LogP contribution in [0.1, 0.15) is 5.56 Å². The summed E-state index contributed by atoms with van der Waals surface area (Å²) >= 11 is 3.41. The Morgan fingerprint density at radius 3 is 2.53 bits per heavy atom. The standard InChI is InChI=1S/C14H10BrNO/c1-9-3-2-4-12-13(9)16-14(17-12)10-5-7-11(15)8-6-10/h2-8H,1H3. The van der Waals surface area contributed by atoms with Crippen molar-refractivity contribution in [3.63, 3.8) is 0 Å². The van der Waals surface area contributed by atoms with Crippen molar-refractivity contribution in [2.75, 3.05) is 0 Å². The summed E-state index contributed by atoms with van der Waals surface area (Å²) in [6, 6.07) is 13.9. The topological polar surface area (TPSA) is 26.0 Å². The molecule has 0 fully saturated rings. The summed E-state index contributed by atoms with van der Waals surface area (Å²) in [5.41, 5.74) is 3.90. The van der Waals surface area contributed by atoms with Crippen LogP contribution in [-0.2, 0) is 0 Å². The molecule has 1 aromatic heterocycles. The van der Waals surface area contributed by atoms with E-state index in [2.05, 4.69) is 20.9 Å². The van der Waals surface area contributed by atoms with E-state index in [0.29, 0.717) is 5.89 Å². The Kier molecular flexibility index (Phi) is 2.48. The van der Waals surface area contributed by atoms with Gasteiger partial charge in [-0.1, -0.05) is 28.1 Å². The van der Waals surface area contributed by atoms with Crippen molar-refractivity contribution >= 4 is 27.0 Å². The molecule has 0 saturated carbocycles. The van der Waals surface area contributed by atoms with Gasteiger partial charge in [0, 0.05) is 10.0 Å². The zero-order chi connectivity index (χ0) is 11.8. The molecule has 17 heavy (non-hydrogen) atoms. The second-order valence-corrected chi connectivity index (χ2v) is 4.86. The van der Waals surface area contributed by atoms with Crippen LogP contribution in [0.4, 0.5) is 0 Å². The molecule has 0 aliphatic heterocycles. The minimum absolute atomic E-state index is 0.668. The molecule has 3 aromatic rings. The van der Waals surface area contributed by atoms with Crippen molar-refractivity contribution in [1.82, 2.24) is 4.98 Å². The highest BCUT2D eigenvalue weighted by Gasteiger charge is 2.09. The van der Waals surface area contributed by atoms with Crippen molar-refractivity contribution < 1.29 is 4.42 Å². The lowest BCUT2D eigenvalue weighted by Crippen LogP contribution is -1.77. The van der Waals surface area contributed by atoms with Gasteiger partial charge >= 0.3 is 0 Å². The maximum Gasteiger partial charge on any atom is 0.227 e. The Morgan fingerprint density at radius 2 is 1.82 bits per heavy atom. The summed E-state index contributed by atoms with van der Waals surface area (Å²) in [6.07, 6.45) is 0. The van der Waals surface area contributed by atoms with Gasteiger partial charge in [0.2, 0.25) is 5.89 Å². The van der Waals surface area contributed by atoms with Gasteiger partial charge in [-0.3, -0.25) is 0 Å². The van der Waals surface area contributed by atoms with Crippen LogP contribution in [0.25, 0.3) is 22.6 Å². The van der Waals surface area contributed by atoms with Gasteiger partial charge in [0.15, 0.2) is 5.58 Å². The van der Waals surface area contributed by atoms with E-state index in [-0.39, 0.29) is 0 Å². The van der Waals surface area contributed by atoms with Crippen molar-refractivity contribution in [2.45, 2.75) is 6.92 Å². The molecule has 0 amide bonds. The molecule has 0 aliphatic rings. The highest BCUT2D eigenvalue weighted by molar-refractivity contribution is 9.10. The van der Waals surface area contributed by atoms with Crippen LogP contribution >= 0.6 is 15.9 Å². The molecule has 0 radical (unpaired) electrons. The molecule has 84 valence electrons. The number of hydrogen-bond acceptors (Lipinski definition) is 2. The summed E-state index contributed by atoms with van der Waals surface area (Å²) in [7, 11) is 0. The number of benzene rings is 2. The Bertz CT molecular complexity index is 670. The highest BCUT2D eigenvalue weighted by Crippen LogP contribution is 2.26. The number of para-hydroxylation sites is 1. The summed E-state index contributed by atoms with van der Waals surface area (Å²) < 4.78 is 6.80. The van der Waals surface area contributed by atoms with Crippen LogP contribution in [0.5, 0.6) is 0 Å². The van der Waals surface area contributed by atoms with Gasteiger partial charge in [0.1, 0.15) is 5.52 Å². The van der Waals surface area contributed by atoms with E-state index < -0.39 is 0 Å². The fourth-order valence-corrected chi connectivity index (χ4v) is 2.07. The Balaban J connectivity index is 2.18. The van der Waals surface area contributed by atoms with Crippen LogP contribution in [0, 0.1) is 6.92 Å². The molecule has 0 atom stereocenters. The molecule has 3 rings (SSSR count). The largest absolute Gasteiger partial charge is 0.436 e. The van der Waals surface area contributed by atoms with Gasteiger partial charge in [-0.2, -0.15) is 0 Å². The minimum atomic E-state index is 0.668. The zero-order valence-corrected chi connectivity index (χ0v) is 10.9. The summed E-state index contributed by atoms with van der Waals surface area (Å²) in [6.45, 7) is 2.04. The maximum absolute atomic E-state index is 5.75. The Morgan fingerprint density at radius 1 is 1.06 bits per heavy atom. The first-order chi connectivity index (χ1) is 8.24. The minimum Gasteiger partial charge on any atom is -0.436 e. The van der Waals surface area contributed by atoms with Crippen molar-refractivity contribution in [1.29, 1.82) is 0 Å². The predicted octanol–water partition coefficient (Wildman–Crippen LogP) is 4.57. The number of rotatable bonds is 1. The fraction of sp³-hybridized carbons (Fsp3) is 0.0714. The lowest BCUT2D eigenvalue weighted by atomic mass is 10.2. The van der Waals surface area contributed by atoms with Crippen molar-refractivity contribution in [2.24, 2.45) is 0 Å². The molecule has 1 heterocycles. The highest BCUT2D eigenvalue weighted by atomic mass is 79.9. The van der Waals surface area contributed by atoms with Crippen LogP contribution in [0.2, 0.25) is 0 Å². The normalized spacial score (nSPS) is 10.9. The second-order valence-electron chi connectivity index (χ2n) is 3.95. The number of fused-ring (bicyclic) bond motifs is 1. The number of aromatic nitrogens is 1. The predicted molar refractivity (Wildman–Crippen MR) is 71.9 cm³/mol. The van der Waals surface area contributed by atoms with Gasteiger partial charge in [-0.25, -0.2) is 4.98 Å². The first-order valence-electron chi connectivity index (χ1n) is 5.36. The van der Waals surface area contributed by atoms with Gasteiger partial charge in [0.25, 0.3) is 0 Å². The first-order valence-corrected chi connectivity index (χ1v) is 6.15. The number of oxazole rings is 1. The molecule has 2 nitrogen and oxygen atoms in total.